The van der Waals surface area contributed by atoms with Gasteiger partial charge < -0.3 is 19.2 Å². The Morgan fingerprint density at radius 3 is 3.05 bits per heavy atom. The second-order valence-corrected chi connectivity index (χ2v) is 5.25. The van der Waals surface area contributed by atoms with E-state index in [0.29, 0.717) is 17.4 Å². The van der Waals surface area contributed by atoms with E-state index in [0.717, 1.165) is 37.3 Å². The fraction of sp³-hybridized carbons (Fsp3) is 0.467. The molecular weight excluding hydrogens is 270 g/mol. The summed E-state index contributed by atoms with van der Waals surface area (Å²) < 4.78 is 12.0. The van der Waals surface area contributed by atoms with Crippen LogP contribution in [-0.4, -0.2) is 42.7 Å². The lowest BCUT2D eigenvalue weighted by Crippen LogP contribution is -2.12. The van der Waals surface area contributed by atoms with Crippen molar-refractivity contribution in [2.75, 3.05) is 27.3 Å². The Morgan fingerprint density at radius 2 is 2.38 bits per heavy atom. The minimum absolute atomic E-state index is 0.345. The molecule has 6 nitrogen and oxygen atoms in total. The van der Waals surface area contributed by atoms with Gasteiger partial charge in [0, 0.05) is 18.7 Å². The van der Waals surface area contributed by atoms with Crippen LogP contribution in [0.25, 0.3) is 5.52 Å². The van der Waals surface area contributed by atoms with E-state index in [1.165, 1.54) is 7.11 Å². The molecule has 3 rings (SSSR count). The third kappa shape index (κ3) is 2.58. The number of carbonyl (C=O) groups is 1. The summed E-state index contributed by atoms with van der Waals surface area (Å²) in [6, 6.07) is 3.68. The summed E-state index contributed by atoms with van der Waals surface area (Å²) >= 11 is 0. The lowest BCUT2D eigenvalue weighted by atomic mass is 10.1. The average molecular weight is 289 g/mol. The third-order valence-electron chi connectivity index (χ3n) is 3.94. The Hall–Kier alpha value is -2.08. The quantitative estimate of drug-likeness (QED) is 0.859. The van der Waals surface area contributed by atoms with Gasteiger partial charge in [-0.15, -0.1) is 0 Å². The number of aromatic nitrogens is 2. The largest absolute Gasteiger partial charge is 0.497 e. The van der Waals surface area contributed by atoms with Crippen LogP contribution in [0.1, 0.15) is 22.7 Å². The van der Waals surface area contributed by atoms with Crippen molar-refractivity contribution in [3.05, 3.63) is 29.8 Å². The molecule has 0 amide bonds. The molecule has 0 radical (unpaired) electrons. The van der Waals surface area contributed by atoms with E-state index in [2.05, 4.69) is 10.3 Å². The Labute approximate surface area is 123 Å². The predicted octanol–water partition coefficient (Wildman–Crippen LogP) is 1.28. The second kappa shape index (κ2) is 5.73. The second-order valence-electron chi connectivity index (χ2n) is 5.25. The number of hydrogen-bond acceptors (Lipinski definition) is 5. The number of hydrogen-bond donors (Lipinski definition) is 1. The highest BCUT2D eigenvalue weighted by Crippen LogP contribution is 2.23. The molecule has 3 heterocycles. The van der Waals surface area contributed by atoms with Crippen LogP contribution in [0.4, 0.5) is 0 Å². The van der Waals surface area contributed by atoms with Gasteiger partial charge in [0.25, 0.3) is 0 Å². The van der Waals surface area contributed by atoms with Crippen molar-refractivity contribution in [3.63, 3.8) is 0 Å². The number of nitrogens with one attached hydrogen (secondary N) is 1. The van der Waals surface area contributed by atoms with Gasteiger partial charge in [-0.2, -0.15) is 0 Å². The van der Waals surface area contributed by atoms with Gasteiger partial charge in [-0.3, -0.25) is 0 Å². The number of nitrogens with zero attached hydrogens (tertiary/aromatic N) is 2. The first-order chi connectivity index (χ1) is 10.2. The van der Waals surface area contributed by atoms with Crippen LogP contribution in [0.5, 0.6) is 5.75 Å². The number of ether oxygens (including phenoxy) is 2. The summed E-state index contributed by atoms with van der Waals surface area (Å²) in [5.74, 6) is 1.73. The van der Waals surface area contributed by atoms with Crippen molar-refractivity contribution in [2.24, 2.45) is 5.92 Å². The Bertz CT molecular complexity index is 659. The van der Waals surface area contributed by atoms with E-state index < -0.39 is 5.97 Å². The molecule has 1 atom stereocenters. The van der Waals surface area contributed by atoms with Gasteiger partial charge in [-0.25, -0.2) is 9.78 Å². The monoisotopic (exact) mass is 289 g/mol. The SMILES string of the molecule is COC(=O)c1nc(CC2CCNC2)n2ccc(OC)cc12. The summed E-state index contributed by atoms with van der Waals surface area (Å²) in [5, 5.41) is 3.35. The van der Waals surface area contributed by atoms with Crippen LogP contribution < -0.4 is 10.1 Å². The van der Waals surface area contributed by atoms with Gasteiger partial charge in [0.15, 0.2) is 5.69 Å². The van der Waals surface area contributed by atoms with Gasteiger partial charge in [-0.1, -0.05) is 0 Å². The number of pyridine rings is 1. The molecule has 1 N–H and O–H groups in total. The number of carbonyl (C=O) groups excluding carboxylic acids is 1. The molecule has 0 saturated carbocycles. The molecule has 1 saturated heterocycles. The molecular formula is C15H19N3O3. The van der Waals surface area contributed by atoms with Crippen molar-refractivity contribution in [1.82, 2.24) is 14.7 Å². The zero-order valence-electron chi connectivity index (χ0n) is 12.3. The Kier molecular flexibility index (Phi) is 3.79. The summed E-state index contributed by atoms with van der Waals surface area (Å²) in [6.07, 6.45) is 3.88. The molecule has 1 aliphatic heterocycles. The number of methoxy groups -OCH3 is 2. The molecule has 1 fully saturated rings. The lowest BCUT2D eigenvalue weighted by Gasteiger charge is -2.07. The highest BCUT2D eigenvalue weighted by molar-refractivity contribution is 5.95. The minimum atomic E-state index is -0.420. The van der Waals surface area contributed by atoms with Crippen molar-refractivity contribution in [1.29, 1.82) is 0 Å². The normalized spacial score (nSPS) is 18.1. The van der Waals surface area contributed by atoms with E-state index in [1.54, 1.807) is 7.11 Å². The van der Waals surface area contributed by atoms with Crippen LogP contribution in [-0.2, 0) is 11.2 Å². The molecule has 1 aliphatic rings. The summed E-state index contributed by atoms with van der Waals surface area (Å²) in [6.45, 7) is 2.05. The maximum atomic E-state index is 11.9. The van der Waals surface area contributed by atoms with Crippen LogP contribution in [0, 0.1) is 5.92 Å². The Balaban J connectivity index is 2.05. The van der Waals surface area contributed by atoms with Gasteiger partial charge in [-0.05, 0) is 31.5 Å². The highest BCUT2D eigenvalue weighted by Gasteiger charge is 2.22. The third-order valence-corrected chi connectivity index (χ3v) is 3.94. The molecule has 0 aromatic carbocycles. The van der Waals surface area contributed by atoms with Gasteiger partial charge in [0.05, 0.1) is 19.7 Å². The Morgan fingerprint density at radius 1 is 1.52 bits per heavy atom. The maximum Gasteiger partial charge on any atom is 0.358 e. The smallest absolute Gasteiger partial charge is 0.358 e. The standard InChI is InChI=1S/C15H19N3O3/c1-20-11-4-6-18-12(8-11)14(15(19)21-2)17-13(18)7-10-3-5-16-9-10/h4,6,8,10,16H,3,5,7,9H2,1-2H3. The number of fused-ring (bicyclic) bond motifs is 1. The topological polar surface area (TPSA) is 64.9 Å². The molecule has 21 heavy (non-hydrogen) atoms. The van der Waals surface area contributed by atoms with Gasteiger partial charge in [0.2, 0.25) is 0 Å². The van der Waals surface area contributed by atoms with E-state index in [4.69, 9.17) is 9.47 Å². The van der Waals surface area contributed by atoms with Gasteiger partial charge >= 0.3 is 5.97 Å². The van der Waals surface area contributed by atoms with Crippen LogP contribution in [0.2, 0.25) is 0 Å². The van der Waals surface area contributed by atoms with Crippen LogP contribution >= 0.6 is 0 Å². The lowest BCUT2D eigenvalue weighted by molar-refractivity contribution is 0.0596. The molecule has 0 bridgehead atoms. The summed E-state index contributed by atoms with van der Waals surface area (Å²) in [4.78, 5) is 16.4. The van der Waals surface area contributed by atoms with E-state index >= 15 is 0 Å². The zero-order chi connectivity index (χ0) is 14.8. The van der Waals surface area contributed by atoms with Crippen LogP contribution in [0.3, 0.4) is 0 Å². The van der Waals surface area contributed by atoms with E-state index in [9.17, 15) is 4.79 Å². The molecule has 112 valence electrons. The summed E-state index contributed by atoms with van der Waals surface area (Å²) in [7, 11) is 2.97. The summed E-state index contributed by atoms with van der Waals surface area (Å²) in [5.41, 5.74) is 1.07. The average Bonchev–Trinajstić information content (AvgIpc) is 3.14. The highest BCUT2D eigenvalue weighted by atomic mass is 16.5. The number of rotatable bonds is 4. The fourth-order valence-electron chi connectivity index (χ4n) is 2.79. The molecule has 6 heteroatoms. The first-order valence-electron chi connectivity index (χ1n) is 7.07. The molecule has 2 aromatic rings. The fourth-order valence-corrected chi connectivity index (χ4v) is 2.79. The van der Waals surface area contributed by atoms with Crippen LogP contribution in [0.15, 0.2) is 18.3 Å². The first-order valence-corrected chi connectivity index (χ1v) is 7.07. The molecule has 0 spiro atoms. The zero-order valence-corrected chi connectivity index (χ0v) is 12.3. The molecule has 1 unspecified atom stereocenters. The van der Waals surface area contributed by atoms with Crippen molar-refractivity contribution >= 4 is 11.5 Å². The predicted molar refractivity (Wildman–Crippen MR) is 77.8 cm³/mol. The molecule has 0 aliphatic carbocycles. The van der Waals surface area contributed by atoms with Crippen molar-refractivity contribution < 1.29 is 14.3 Å². The molecule has 2 aromatic heterocycles. The van der Waals surface area contributed by atoms with E-state index in [-0.39, 0.29) is 0 Å². The number of esters is 1. The van der Waals surface area contributed by atoms with Gasteiger partial charge in [0.1, 0.15) is 11.6 Å². The minimum Gasteiger partial charge on any atom is -0.497 e. The van der Waals surface area contributed by atoms with Crippen molar-refractivity contribution in [3.8, 4) is 5.75 Å². The number of imidazole rings is 1. The first kappa shape index (κ1) is 13.9. The van der Waals surface area contributed by atoms with E-state index in [1.807, 2.05) is 22.7 Å². The maximum absolute atomic E-state index is 11.9. The van der Waals surface area contributed by atoms with Crippen molar-refractivity contribution in [2.45, 2.75) is 12.8 Å².